The third kappa shape index (κ3) is 3.17. The number of H-pyrrole nitrogens is 1. The number of nitrogens with zero attached hydrogens (tertiary/aromatic N) is 4. The fourth-order valence-corrected chi connectivity index (χ4v) is 4.45. The molecule has 6 rings (SSSR count). The van der Waals surface area contributed by atoms with Crippen LogP contribution in [0.4, 0.5) is 0 Å². The van der Waals surface area contributed by atoms with Crippen molar-refractivity contribution in [3.05, 3.63) is 82.5 Å². The lowest BCUT2D eigenvalue weighted by atomic mass is 9.83. The summed E-state index contributed by atoms with van der Waals surface area (Å²) in [6, 6.07) is 3.49. The first-order valence-electron chi connectivity index (χ1n) is 10.8. The minimum absolute atomic E-state index is 0.0646. The number of hydrogen-bond donors (Lipinski definition) is 2. The third-order valence-electron chi connectivity index (χ3n) is 6.30. The maximum absolute atomic E-state index is 13.3. The average molecular weight is 438 g/mol. The first-order chi connectivity index (χ1) is 15.8. The summed E-state index contributed by atoms with van der Waals surface area (Å²) in [7, 11) is 0. The molecule has 0 saturated carbocycles. The molecule has 6 heterocycles. The zero-order chi connectivity index (χ0) is 22.8. The lowest BCUT2D eigenvalue weighted by Crippen LogP contribution is -2.27. The Morgan fingerprint density at radius 2 is 1.82 bits per heavy atom. The number of nitrogens with one attached hydrogen (secondary N) is 2. The monoisotopic (exact) mass is 438 g/mol. The van der Waals surface area contributed by atoms with E-state index in [9.17, 15) is 4.79 Å². The minimum atomic E-state index is -1.01. The number of aromatic nitrogens is 3. The number of fused-ring (bicyclic) bond motifs is 6. The highest BCUT2D eigenvalue weighted by molar-refractivity contribution is 6.20. The standard InChI is InChI=1S/C25H22N6O2/c1-14-30-31-23(33-14)25-9-8-19(29-25)11-17-5-4-15(26-17)10-16-6-7-18(27-16)12-20-22(32)24(2,3)21(13-25)28-20/h4-13,20,26,28H,1-3H3. The Labute approximate surface area is 189 Å². The normalized spacial score (nSPS) is 26.8. The number of allylic oxidation sites excluding steroid dienone is 4. The van der Waals surface area contributed by atoms with Crippen LogP contribution in [0.3, 0.4) is 0 Å². The van der Waals surface area contributed by atoms with E-state index in [-0.39, 0.29) is 5.78 Å². The minimum Gasteiger partial charge on any atom is -0.422 e. The highest BCUT2D eigenvalue weighted by Gasteiger charge is 2.47. The summed E-state index contributed by atoms with van der Waals surface area (Å²) < 4.78 is 5.82. The van der Waals surface area contributed by atoms with Gasteiger partial charge < -0.3 is 14.7 Å². The SMILES string of the molecule is Cc1nnc(C23C=CC(=N2)C=c2ccc([nH]2)=CC2=NC(=CC4NC(=C3)C(C)(C)C4=O)C=C2)o1. The molecule has 2 unspecified atom stereocenters. The van der Waals surface area contributed by atoms with Gasteiger partial charge in [-0.2, -0.15) is 0 Å². The van der Waals surface area contributed by atoms with E-state index >= 15 is 0 Å². The predicted octanol–water partition coefficient (Wildman–Crippen LogP) is 1.53. The smallest absolute Gasteiger partial charge is 0.251 e. The lowest BCUT2D eigenvalue weighted by molar-refractivity contribution is -0.123. The molecule has 33 heavy (non-hydrogen) atoms. The van der Waals surface area contributed by atoms with E-state index in [0.717, 1.165) is 33.5 Å². The Kier molecular flexibility index (Phi) is 3.99. The zero-order valence-corrected chi connectivity index (χ0v) is 18.5. The average Bonchev–Trinajstić information content (AvgIpc) is 3.57. The molecule has 1 saturated heterocycles. The maximum Gasteiger partial charge on any atom is 0.251 e. The number of rotatable bonds is 1. The number of ketones is 1. The van der Waals surface area contributed by atoms with Crippen molar-refractivity contribution in [1.82, 2.24) is 20.5 Å². The molecule has 8 bridgehead atoms. The molecule has 2 N–H and O–H groups in total. The summed E-state index contributed by atoms with van der Waals surface area (Å²) in [6.07, 6.45) is 15.4. The second-order valence-corrected chi connectivity index (χ2v) is 9.11. The Morgan fingerprint density at radius 3 is 2.58 bits per heavy atom. The largest absolute Gasteiger partial charge is 0.422 e. The fraction of sp³-hybridized carbons (Fsp3) is 0.240. The van der Waals surface area contributed by atoms with Gasteiger partial charge in [0.1, 0.15) is 6.04 Å². The number of hydrogen-bond acceptors (Lipinski definition) is 7. The quantitative estimate of drug-likeness (QED) is 0.702. The van der Waals surface area contributed by atoms with Crippen molar-refractivity contribution in [2.24, 2.45) is 15.4 Å². The number of aromatic amines is 1. The molecule has 4 aliphatic rings. The van der Waals surface area contributed by atoms with Gasteiger partial charge >= 0.3 is 0 Å². The summed E-state index contributed by atoms with van der Waals surface area (Å²) in [5, 5.41) is 13.5. The van der Waals surface area contributed by atoms with Crippen LogP contribution in [0.15, 0.2) is 74.4 Å². The molecule has 8 nitrogen and oxygen atoms in total. The molecule has 2 aromatic rings. The van der Waals surface area contributed by atoms with Gasteiger partial charge in [0, 0.05) is 23.3 Å². The number of aryl methyl sites for hydroxylation is 1. The molecule has 4 aliphatic heterocycles. The molecular weight excluding hydrogens is 416 g/mol. The van der Waals surface area contributed by atoms with Crippen LogP contribution < -0.4 is 16.0 Å². The summed E-state index contributed by atoms with van der Waals surface area (Å²) >= 11 is 0. The highest BCUT2D eigenvalue weighted by Crippen LogP contribution is 2.40. The molecule has 0 spiro atoms. The van der Waals surface area contributed by atoms with Crippen molar-refractivity contribution in [3.63, 3.8) is 0 Å². The molecule has 2 atom stereocenters. The van der Waals surface area contributed by atoms with Crippen molar-refractivity contribution in [2.45, 2.75) is 32.4 Å². The third-order valence-corrected chi connectivity index (χ3v) is 6.30. The van der Waals surface area contributed by atoms with Gasteiger partial charge in [0.05, 0.1) is 22.5 Å². The van der Waals surface area contributed by atoms with Crippen LogP contribution >= 0.6 is 0 Å². The Balaban J connectivity index is 1.60. The van der Waals surface area contributed by atoms with Crippen LogP contribution in [-0.2, 0) is 10.3 Å². The van der Waals surface area contributed by atoms with Gasteiger partial charge in [-0.15, -0.1) is 10.2 Å². The molecule has 8 heteroatoms. The van der Waals surface area contributed by atoms with Gasteiger partial charge in [-0.05, 0) is 74.6 Å². The van der Waals surface area contributed by atoms with Crippen molar-refractivity contribution >= 4 is 29.4 Å². The zero-order valence-electron chi connectivity index (χ0n) is 18.5. The molecule has 0 aromatic carbocycles. The van der Waals surface area contributed by atoms with Crippen molar-refractivity contribution in [1.29, 1.82) is 0 Å². The second-order valence-electron chi connectivity index (χ2n) is 9.11. The molecule has 2 aromatic heterocycles. The first kappa shape index (κ1) is 19.6. The number of carbonyl (C=O) groups excluding carboxylic acids is 1. The number of aliphatic imine (C=N–C) groups is 2. The lowest BCUT2D eigenvalue weighted by Gasteiger charge is -2.22. The number of Topliss-reactive ketones (excluding diaryl/α,β-unsaturated/α-hetero) is 1. The Bertz CT molecular complexity index is 1510. The van der Waals surface area contributed by atoms with E-state index in [1.165, 1.54) is 0 Å². The van der Waals surface area contributed by atoms with Gasteiger partial charge in [0.25, 0.3) is 5.89 Å². The van der Waals surface area contributed by atoms with E-state index in [0.29, 0.717) is 11.8 Å². The van der Waals surface area contributed by atoms with Gasteiger partial charge in [-0.1, -0.05) is 0 Å². The Morgan fingerprint density at radius 1 is 1.03 bits per heavy atom. The molecule has 0 radical (unpaired) electrons. The van der Waals surface area contributed by atoms with E-state index in [2.05, 4.69) is 25.5 Å². The van der Waals surface area contributed by atoms with E-state index < -0.39 is 17.0 Å². The summed E-state index contributed by atoms with van der Waals surface area (Å²) in [4.78, 5) is 26.3. The number of carbonyl (C=O) groups is 1. The van der Waals surface area contributed by atoms with E-state index in [1.807, 2.05) is 74.6 Å². The Hall–Kier alpha value is -4.07. The van der Waals surface area contributed by atoms with Gasteiger partial charge in [0.2, 0.25) is 5.89 Å². The fourth-order valence-electron chi connectivity index (χ4n) is 4.45. The predicted molar refractivity (Wildman–Crippen MR) is 125 cm³/mol. The van der Waals surface area contributed by atoms with Crippen LogP contribution in [0.25, 0.3) is 12.2 Å². The molecular formula is C25H22N6O2. The van der Waals surface area contributed by atoms with Crippen molar-refractivity contribution < 1.29 is 9.21 Å². The van der Waals surface area contributed by atoms with Crippen molar-refractivity contribution in [3.8, 4) is 0 Å². The van der Waals surface area contributed by atoms with Crippen molar-refractivity contribution in [2.75, 3.05) is 0 Å². The van der Waals surface area contributed by atoms with Gasteiger partial charge in [-0.25, -0.2) is 4.99 Å². The highest BCUT2D eigenvalue weighted by atomic mass is 16.4. The molecule has 1 fully saturated rings. The van der Waals surface area contributed by atoms with Gasteiger partial charge in [-0.3, -0.25) is 9.79 Å². The molecule has 0 amide bonds. The second kappa shape index (κ2) is 6.71. The molecule has 0 aliphatic carbocycles. The van der Waals surface area contributed by atoms with Gasteiger partial charge in [0.15, 0.2) is 11.3 Å². The van der Waals surface area contributed by atoms with Crippen LogP contribution in [0, 0.1) is 12.3 Å². The first-order valence-corrected chi connectivity index (χ1v) is 10.8. The summed E-state index contributed by atoms with van der Waals surface area (Å²) in [6.45, 7) is 5.57. The van der Waals surface area contributed by atoms with Crippen LogP contribution in [0.5, 0.6) is 0 Å². The topological polar surface area (TPSA) is 109 Å². The van der Waals surface area contributed by atoms with Crippen LogP contribution in [0.1, 0.15) is 25.6 Å². The van der Waals surface area contributed by atoms with Crippen LogP contribution in [-0.4, -0.2) is 38.4 Å². The summed E-state index contributed by atoms with van der Waals surface area (Å²) in [5.74, 6) is 0.873. The van der Waals surface area contributed by atoms with E-state index in [4.69, 9.17) is 9.41 Å². The molecule has 164 valence electrons. The summed E-state index contributed by atoms with van der Waals surface area (Å²) in [5.41, 5.74) is 1.33. The van der Waals surface area contributed by atoms with Crippen LogP contribution in [0.2, 0.25) is 0 Å². The maximum atomic E-state index is 13.3. The van der Waals surface area contributed by atoms with E-state index in [1.54, 1.807) is 6.92 Å².